The maximum absolute atomic E-state index is 11.4. The minimum atomic E-state index is -0.451. The van der Waals surface area contributed by atoms with Gasteiger partial charge in [-0.3, -0.25) is 0 Å². The van der Waals surface area contributed by atoms with Crippen molar-refractivity contribution in [1.29, 1.82) is 0 Å². The number of carbonyl (C=O) groups is 1. The number of hydrogen-bond acceptors (Lipinski definition) is 3. The number of benzene rings is 1. The van der Waals surface area contributed by atoms with Crippen molar-refractivity contribution in [2.45, 2.75) is 6.92 Å². The van der Waals surface area contributed by atoms with E-state index < -0.39 is 5.97 Å². The molecule has 1 rings (SSSR count). The van der Waals surface area contributed by atoms with Crippen molar-refractivity contribution in [2.75, 3.05) is 13.7 Å². The van der Waals surface area contributed by atoms with Crippen molar-refractivity contribution in [3.05, 3.63) is 40.9 Å². The lowest BCUT2D eigenvalue weighted by Gasteiger charge is -2.10. The van der Waals surface area contributed by atoms with Gasteiger partial charge in [0.15, 0.2) is 0 Å². The third kappa shape index (κ3) is 3.28. The highest BCUT2D eigenvalue weighted by atomic mass is 35.5. The molecule has 86 valence electrons. The molecule has 3 nitrogen and oxygen atoms in total. The van der Waals surface area contributed by atoms with Gasteiger partial charge in [-0.2, -0.15) is 0 Å². The van der Waals surface area contributed by atoms with E-state index in [9.17, 15) is 4.79 Å². The molecule has 0 amide bonds. The first kappa shape index (κ1) is 12.6. The Bertz CT molecular complexity index is 413. The van der Waals surface area contributed by atoms with Gasteiger partial charge >= 0.3 is 5.97 Å². The van der Waals surface area contributed by atoms with Crippen LogP contribution in [0.1, 0.15) is 17.3 Å². The predicted octanol–water partition coefficient (Wildman–Crippen LogP) is 3.08. The van der Waals surface area contributed by atoms with Crippen LogP contribution in [0.5, 0.6) is 5.75 Å². The third-order valence-electron chi connectivity index (χ3n) is 1.82. The Hall–Kier alpha value is -1.48. The first-order valence-electron chi connectivity index (χ1n) is 4.69. The largest absolute Gasteiger partial charge is 0.488 e. The number of ether oxygens (including phenoxy) is 2. The Labute approximate surface area is 99.6 Å². The van der Waals surface area contributed by atoms with Gasteiger partial charge in [-0.05, 0) is 30.7 Å². The fraction of sp³-hybridized carbons (Fsp3) is 0.250. The SMILES string of the molecule is C=C(C)COc1cc(Cl)ccc1C(=O)OC. The summed E-state index contributed by atoms with van der Waals surface area (Å²) in [4.78, 5) is 11.4. The molecule has 0 aliphatic heterocycles. The minimum absolute atomic E-state index is 0.338. The van der Waals surface area contributed by atoms with Crippen LogP contribution in [0.4, 0.5) is 0 Å². The normalized spacial score (nSPS) is 9.69. The maximum Gasteiger partial charge on any atom is 0.341 e. The van der Waals surface area contributed by atoms with E-state index in [1.165, 1.54) is 7.11 Å². The summed E-state index contributed by atoms with van der Waals surface area (Å²) in [7, 11) is 1.32. The Balaban J connectivity index is 2.98. The van der Waals surface area contributed by atoms with E-state index in [0.29, 0.717) is 22.9 Å². The summed E-state index contributed by atoms with van der Waals surface area (Å²) in [6.45, 7) is 5.89. The molecule has 0 radical (unpaired) electrons. The number of rotatable bonds is 4. The second kappa shape index (κ2) is 5.56. The molecule has 0 saturated carbocycles. The van der Waals surface area contributed by atoms with E-state index >= 15 is 0 Å². The smallest absolute Gasteiger partial charge is 0.341 e. The van der Waals surface area contributed by atoms with Crippen LogP contribution in [0.25, 0.3) is 0 Å². The summed E-state index contributed by atoms with van der Waals surface area (Å²) < 4.78 is 10.1. The molecule has 0 fully saturated rings. The minimum Gasteiger partial charge on any atom is -0.488 e. The van der Waals surface area contributed by atoms with Crippen LogP contribution in [0.3, 0.4) is 0 Å². The van der Waals surface area contributed by atoms with Crippen molar-refractivity contribution < 1.29 is 14.3 Å². The van der Waals surface area contributed by atoms with Gasteiger partial charge in [-0.25, -0.2) is 4.79 Å². The van der Waals surface area contributed by atoms with Crippen LogP contribution in [0.2, 0.25) is 5.02 Å². The molecule has 4 heteroatoms. The molecule has 16 heavy (non-hydrogen) atoms. The summed E-state index contributed by atoms with van der Waals surface area (Å²) in [5, 5.41) is 0.504. The molecular formula is C12H13ClO3. The van der Waals surface area contributed by atoms with Crippen LogP contribution in [-0.2, 0) is 4.74 Å². The Kier molecular flexibility index (Phi) is 4.38. The van der Waals surface area contributed by atoms with Crippen LogP contribution >= 0.6 is 11.6 Å². The van der Waals surface area contributed by atoms with Crippen molar-refractivity contribution >= 4 is 17.6 Å². The Morgan fingerprint density at radius 1 is 1.50 bits per heavy atom. The Morgan fingerprint density at radius 3 is 2.75 bits per heavy atom. The third-order valence-corrected chi connectivity index (χ3v) is 2.06. The zero-order valence-corrected chi connectivity index (χ0v) is 10.0. The highest BCUT2D eigenvalue weighted by Crippen LogP contribution is 2.24. The van der Waals surface area contributed by atoms with Crippen molar-refractivity contribution in [1.82, 2.24) is 0 Å². The van der Waals surface area contributed by atoms with E-state index in [2.05, 4.69) is 11.3 Å². The molecule has 1 aromatic carbocycles. The predicted molar refractivity (Wildman–Crippen MR) is 63.1 cm³/mol. The topological polar surface area (TPSA) is 35.5 Å². The average Bonchev–Trinajstić information content (AvgIpc) is 2.25. The quantitative estimate of drug-likeness (QED) is 0.599. The summed E-state index contributed by atoms with van der Waals surface area (Å²) in [6.07, 6.45) is 0. The summed E-state index contributed by atoms with van der Waals surface area (Å²) in [6, 6.07) is 4.76. The molecule has 0 N–H and O–H groups in total. The first-order chi connectivity index (χ1) is 7.54. The van der Waals surface area contributed by atoms with Crippen molar-refractivity contribution in [2.24, 2.45) is 0 Å². The van der Waals surface area contributed by atoms with Crippen LogP contribution < -0.4 is 4.74 Å². The number of esters is 1. The van der Waals surface area contributed by atoms with Crippen LogP contribution in [0.15, 0.2) is 30.4 Å². The number of hydrogen-bond donors (Lipinski definition) is 0. The van der Waals surface area contributed by atoms with E-state index in [-0.39, 0.29) is 0 Å². The standard InChI is InChI=1S/C12H13ClO3/c1-8(2)7-16-11-6-9(13)4-5-10(11)12(14)15-3/h4-6H,1,7H2,2-3H3. The second-order valence-electron chi connectivity index (χ2n) is 3.38. The van der Waals surface area contributed by atoms with Gasteiger partial charge in [0.1, 0.15) is 17.9 Å². The van der Waals surface area contributed by atoms with Gasteiger partial charge in [-0.1, -0.05) is 18.2 Å². The van der Waals surface area contributed by atoms with Crippen LogP contribution in [-0.4, -0.2) is 19.7 Å². The molecule has 0 aliphatic rings. The van der Waals surface area contributed by atoms with Gasteiger partial charge in [0.25, 0.3) is 0 Å². The maximum atomic E-state index is 11.4. The number of methoxy groups -OCH3 is 1. The molecule has 0 aliphatic carbocycles. The molecule has 0 unspecified atom stereocenters. The van der Waals surface area contributed by atoms with Crippen molar-refractivity contribution in [3.63, 3.8) is 0 Å². The summed E-state index contributed by atoms with van der Waals surface area (Å²) in [5.74, 6) is -0.0456. The summed E-state index contributed by atoms with van der Waals surface area (Å²) >= 11 is 5.83. The van der Waals surface area contributed by atoms with E-state index in [0.717, 1.165) is 5.57 Å². The highest BCUT2D eigenvalue weighted by Gasteiger charge is 2.13. The summed E-state index contributed by atoms with van der Waals surface area (Å²) in [5.41, 5.74) is 1.21. The first-order valence-corrected chi connectivity index (χ1v) is 5.07. The molecule has 0 bridgehead atoms. The molecule has 0 heterocycles. The zero-order chi connectivity index (χ0) is 12.1. The fourth-order valence-electron chi connectivity index (χ4n) is 1.10. The molecule has 0 aromatic heterocycles. The second-order valence-corrected chi connectivity index (χ2v) is 3.81. The van der Waals surface area contributed by atoms with Gasteiger partial charge < -0.3 is 9.47 Å². The van der Waals surface area contributed by atoms with Gasteiger partial charge in [0.05, 0.1) is 7.11 Å². The van der Waals surface area contributed by atoms with E-state index in [4.69, 9.17) is 16.3 Å². The fourth-order valence-corrected chi connectivity index (χ4v) is 1.26. The molecule has 0 atom stereocenters. The lowest BCUT2D eigenvalue weighted by molar-refractivity contribution is 0.0596. The van der Waals surface area contributed by atoms with E-state index in [1.807, 2.05) is 6.92 Å². The molecule has 0 spiro atoms. The zero-order valence-electron chi connectivity index (χ0n) is 9.25. The van der Waals surface area contributed by atoms with Crippen LogP contribution in [0, 0.1) is 0 Å². The monoisotopic (exact) mass is 240 g/mol. The number of carbonyl (C=O) groups excluding carboxylic acids is 1. The van der Waals surface area contributed by atoms with Gasteiger partial charge in [0, 0.05) is 5.02 Å². The van der Waals surface area contributed by atoms with Gasteiger partial charge in [-0.15, -0.1) is 0 Å². The number of halogens is 1. The van der Waals surface area contributed by atoms with E-state index in [1.54, 1.807) is 18.2 Å². The Morgan fingerprint density at radius 2 is 2.19 bits per heavy atom. The molecule has 0 saturated heterocycles. The highest BCUT2D eigenvalue weighted by molar-refractivity contribution is 6.30. The molecule has 1 aromatic rings. The molecular weight excluding hydrogens is 228 g/mol. The lowest BCUT2D eigenvalue weighted by atomic mass is 10.2. The average molecular weight is 241 g/mol. The van der Waals surface area contributed by atoms with Gasteiger partial charge in [0.2, 0.25) is 0 Å². The van der Waals surface area contributed by atoms with Crippen molar-refractivity contribution in [3.8, 4) is 5.75 Å². The lowest BCUT2D eigenvalue weighted by Crippen LogP contribution is -2.06.